The van der Waals surface area contributed by atoms with Crippen molar-refractivity contribution < 1.29 is 19.1 Å². The Bertz CT molecular complexity index is 966. The first-order valence-electron chi connectivity index (χ1n) is 10.2. The van der Waals surface area contributed by atoms with Crippen LogP contribution in [0.4, 0.5) is 5.69 Å². The van der Waals surface area contributed by atoms with Crippen molar-refractivity contribution in [2.45, 2.75) is 35.0 Å². The Morgan fingerprint density at radius 3 is 2.67 bits per heavy atom. The summed E-state index contributed by atoms with van der Waals surface area (Å²) >= 11 is 1.49. The molecule has 7 nitrogen and oxygen atoms in total. The summed E-state index contributed by atoms with van der Waals surface area (Å²) in [6.07, 6.45) is 3.36. The van der Waals surface area contributed by atoms with E-state index in [1.165, 1.54) is 11.8 Å². The highest BCUT2D eigenvalue weighted by Gasteiger charge is 2.40. The zero-order valence-corrected chi connectivity index (χ0v) is 17.4. The molecule has 2 saturated heterocycles. The molecule has 3 aliphatic heterocycles. The Labute approximate surface area is 179 Å². The van der Waals surface area contributed by atoms with Gasteiger partial charge in [0.05, 0.1) is 24.5 Å². The summed E-state index contributed by atoms with van der Waals surface area (Å²) in [7, 11) is 0. The summed E-state index contributed by atoms with van der Waals surface area (Å²) in [6, 6.07) is 11.3. The van der Waals surface area contributed by atoms with E-state index in [0.29, 0.717) is 56.3 Å². The third kappa shape index (κ3) is 3.59. The summed E-state index contributed by atoms with van der Waals surface area (Å²) in [6.45, 7) is 2.81. The van der Waals surface area contributed by atoms with Crippen molar-refractivity contribution in [3.8, 4) is 0 Å². The maximum Gasteiger partial charge on any atom is 0.261 e. The number of para-hydroxylation sites is 1. The van der Waals surface area contributed by atoms with Crippen molar-refractivity contribution >= 4 is 29.3 Å². The number of rotatable bonds is 3. The predicted molar refractivity (Wildman–Crippen MR) is 112 cm³/mol. The van der Waals surface area contributed by atoms with Crippen LogP contribution in [0, 0.1) is 0 Å². The molecule has 156 valence electrons. The predicted octanol–water partition coefficient (Wildman–Crippen LogP) is 2.95. The number of ether oxygens (including phenoxy) is 2. The molecule has 30 heavy (non-hydrogen) atoms. The smallest absolute Gasteiger partial charge is 0.261 e. The zero-order valence-electron chi connectivity index (χ0n) is 16.6. The number of aromatic nitrogens is 1. The van der Waals surface area contributed by atoms with Crippen LogP contribution in [0.15, 0.2) is 52.5 Å². The summed E-state index contributed by atoms with van der Waals surface area (Å²) in [5.41, 5.74) is 1.39. The van der Waals surface area contributed by atoms with Gasteiger partial charge in [0, 0.05) is 50.0 Å². The van der Waals surface area contributed by atoms with Gasteiger partial charge in [-0.2, -0.15) is 0 Å². The molecule has 0 saturated carbocycles. The summed E-state index contributed by atoms with van der Waals surface area (Å²) < 4.78 is 11.5. The zero-order chi connectivity index (χ0) is 20.6. The highest BCUT2D eigenvalue weighted by atomic mass is 32.2. The number of carbonyl (C=O) groups is 2. The van der Waals surface area contributed by atoms with Gasteiger partial charge in [0.25, 0.3) is 5.91 Å². The number of benzene rings is 1. The SMILES string of the molecule is O=C(CCN1C(=O)c2cccnc2Sc2ccccc21)N1CCC2(CC1)OCCO2. The molecule has 2 amide bonds. The quantitative estimate of drug-likeness (QED) is 0.753. The summed E-state index contributed by atoms with van der Waals surface area (Å²) in [4.78, 5) is 35.1. The number of anilines is 1. The van der Waals surface area contributed by atoms with Gasteiger partial charge in [-0.15, -0.1) is 0 Å². The number of likely N-dealkylation sites (tertiary alicyclic amines) is 1. The highest BCUT2D eigenvalue weighted by molar-refractivity contribution is 7.99. The molecule has 1 aromatic heterocycles. The maximum absolute atomic E-state index is 13.3. The molecule has 0 radical (unpaired) electrons. The van der Waals surface area contributed by atoms with Crippen molar-refractivity contribution in [2.75, 3.05) is 37.7 Å². The van der Waals surface area contributed by atoms with Gasteiger partial charge in [0.2, 0.25) is 5.91 Å². The van der Waals surface area contributed by atoms with Crippen molar-refractivity contribution in [3.05, 3.63) is 48.2 Å². The number of pyridine rings is 1. The molecule has 1 spiro atoms. The number of fused-ring (bicyclic) bond motifs is 2. The number of nitrogens with zero attached hydrogens (tertiary/aromatic N) is 3. The van der Waals surface area contributed by atoms with E-state index in [0.717, 1.165) is 10.6 Å². The average Bonchev–Trinajstić information content (AvgIpc) is 3.18. The number of hydrogen-bond donors (Lipinski definition) is 0. The Balaban J connectivity index is 1.30. The molecular weight excluding hydrogens is 402 g/mol. The molecule has 2 fully saturated rings. The minimum absolute atomic E-state index is 0.0523. The lowest BCUT2D eigenvalue weighted by Gasteiger charge is -2.37. The minimum atomic E-state index is -0.496. The van der Waals surface area contributed by atoms with E-state index >= 15 is 0 Å². The van der Waals surface area contributed by atoms with Crippen LogP contribution in [0.5, 0.6) is 0 Å². The molecule has 0 atom stereocenters. The second-order valence-electron chi connectivity index (χ2n) is 7.62. The molecule has 0 unspecified atom stereocenters. The van der Waals surface area contributed by atoms with E-state index in [-0.39, 0.29) is 18.2 Å². The molecule has 8 heteroatoms. The Morgan fingerprint density at radius 2 is 1.87 bits per heavy atom. The van der Waals surface area contributed by atoms with Gasteiger partial charge in [-0.25, -0.2) is 4.98 Å². The largest absolute Gasteiger partial charge is 0.347 e. The van der Waals surface area contributed by atoms with Crippen molar-refractivity contribution in [3.63, 3.8) is 0 Å². The number of carbonyl (C=O) groups excluding carboxylic acids is 2. The van der Waals surface area contributed by atoms with Gasteiger partial charge >= 0.3 is 0 Å². The monoisotopic (exact) mass is 425 g/mol. The van der Waals surface area contributed by atoms with Crippen molar-refractivity contribution in [2.24, 2.45) is 0 Å². The van der Waals surface area contributed by atoms with Crippen LogP contribution in [-0.4, -0.2) is 60.3 Å². The molecule has 2 aromatic rings. The fourth-order valence-corrected chi connectivity index (χ4v) is 5.25. The Kier molecular flexibility index (Phi) is 5.22. The lowest BCUT2D eigenvalue weighted by atomic mass is 10.0. The molecule has 0 N–H and O–H groups in total. The molecule has 4 heterocycles. The third-order valence-electron chi connectivity index (χ3n) is 5.85. The van der Waals surface area contributed by atoms with Gasteiger partial charge in [-0.3, -0.25) is 9.59 Å². The van der Waals surface area contributed by atoms with Crippen molar-refractivity contribution in [1.29, 1.82) is 0 Å². The van der Waals surface area contributed by atoms with Crippen LogP contribution in [0.3, 0.4) is 0 Å². The first-order chi connectivity index (χ1) is 14.7. The molecule has 5 rings (SSSR count). The van der Waals surface area contributed by atoms with E-state index in [9.17, 15) is 9.59 Å². The molecule has 3 aliphatic rings. The van der Waals surface area contributed by atoms with E-state index < -0.39 is 5.79 Å². The minimum Gasteiger partial charge on any atom is -0.347 e. The van der Waals surface area contributed by atoms with Crippen LogP contribution < -0.4 is 4.90 Å². The normalized spacial score (nSPS) is 20.1. The van der Waals surface area contributed by atoms with Crippen LogP contribution in [0.1, 0.15) is 29.6 Å². The highest BCUT2D eigenvalue weighted by Crippen LogP contribution is 2.40. The van der Waals surface area contributed by atoms with Crippen LogP contribution in [0.25, 0.3) is 0 Å². The van der Waals surface area contributed by atoms with Gasteiger partial charge < -0.3 is 19.3 Å². The molecule has 1 aromatic carbocycles. The van der Waals surface area contributed by atoms with Gasteiger partial charge in [-0.05, 0) is 24.3 Å². The average molecular weight is 426 g/mol. The summed E-state index contributed by atoms with van der Waals surface area (Å²) in [5.74, 6) is -0.560. The number of hydrogen-bond acceptors (Lipinski definition) is 6. The topological polar surface area (TPSA) is 72.0 Å². The van der Waals surface area contributed by atoms with Crippen molar-refractivity contribution in [1.82, 2.24) is 9.88 Å². The summed E-state index contributed by atoms with van der Waals surface area (Å²) in [5, 5.41) is 0.696. The number of piperidine rings is 1. The van der Waals surface area contributed by atoms with E-state index in [1.54, 1.807) is 23.2 Å². The van der Waals surface area contributed by atoms with Gasteiger partial charge in [0.15, 0.2) is 5.79 Å². The lowest BCUT2D eigenvalue weighted by molar-refractivity contribution is -0.187. The molecular formula is C22H23N3O4S. The second kappa shape index (κ2) is 8.02. The Hall–Kier alpha value is -2.42. The molecule has 0 bridgehead atoms. The number of amides is 2. The maximum atomic E-state index is 13.3. The standard InChI is InChI=1S/C22H23N3O4S/c26-19(24-12-8-22(9-13-24)28-14-15-29-22)7-11-25-17-5-1-2-6-18(17)30-20-16(21(25)27)4-3-10-23-20/h1-6,10H,7-9,11-15H2. The first kappa shape index (κ1) is 19.5. The van der Waals surface area contributed by atoms with Gasteiger partial charge in [-0.1, -0.05) is 23.9 Å². The Morgan fingerprint density at radius 1 is 1.10 bits per heavy atom. The van der Waals surface area contributed by atoms with E-state index in [2.05, 4.69) is 4.98 Å². The van der Waals surface area contributed by atoms with Crippen LogP contribution >= 0.6 is 11.8 Å². The molecule has 0 aliphatic carbocycles. The fourth-order valence-electron chi connectivity index (χ4n) is 4.23. The van der Waals surface area contributed by atoms with E-state index in [4.69, 9.17) is 9.47 Å². The van der Waals surface area contributed by atoms with Crippen LogP contribution in [-0.2, 0) is 14.3 Å². The van der Waals surface area contributed by atoms with Gasteiger partial charge in [0.1, 0.15) is 5.03 Å². The third-order valence-corrected chi connectivity index (χ3v) is 6.93. The fraction of sp³-hybridized carbons (Fsp3) is 0.409. The second-order valence-corrected chi connectivity index (χ2v) is 8.65. The first-order valence-corrected chi connectivity index (χ1v) is 11.1. The van der Waals surface area contributed by atoms with Crippen LogP contribution in [0.2, 0.25) is 0 Å². The lowest BCUT2D eigenvalue weighted by Crippen LogP contribution is -2.48. The van der Waals surface area contributed by atoms with E-state index in [1.807, 2.05) is 29.2 Å².